The third kappa shape index (κ3) is 56.5. The van der Waals surface area contributed by atoms with E-state index in [2.05, 4.69) is 86.8 Å². The van der Waals surface area contributed by atoms with E-state index in [1.165, 1.54) is 167 Å². The molecule has 9 heteroatoms. The summed E-state index contributed by atoms with van der Waals surface area (Å²) < 4.78 is 22.9. The fourth-order valence-corrected chi connectivity index (χ4v) is 8.51. The molecule has 0 radical (unpaired) electrons. The Bertz CT molecular complexity index is 1440. The summed E-state index contributed by atoms with van der Waals surface area (Å²) in [6.45, 7) is 4.78. The largest absolute Gasteiger partial charge is 0.477 e. The summed E-state index contributed by atoms with van der Waals surface area (Å²) in [5.74, 6) is -2.00. The number of carboxylic acids is 1. The lowest BCUT2D eigenvalue weighted by atomic mass is 10.0. The van der Waals surface area contributed by atoms with Crippen LogP contribution in [-0.4, -0.2) is 87.4 Å². The summed E-state index contributed by atoms with van der Waals surface area (Å²) in [5.41, 5.74) is 0. The van der Waals surface area contributed by atoms with E-state index in [1.807, 2.05) is 21.1 Å². The Labute approximate surface area is 456 Å². The van der Waals surface area contributed by atoms with Gasteiger partial charge in [-0.3, -0.25) is 9.59 Å². The number of ether oxygens (including phenoxy) is 4. The van der Waals surface area contributed by atoms with Crippen molar-refractivity contribution in [1.29, 1.82) is 0 Å². The molecule has 0 fully saturated rings. The van der Waals surface area contributed by atoms with Crippen LogP contribution in [0.5, 0.6) is 0 Å². The molecule has 9 nitrogen and oxygen atoms in total. The van der Waals surface area contributed by atoms with E-state index in [-0.39, 0.29) is 32.2 Å². The molecule has 0 aromatic heterocycles. The number of hydrogen-bond donors (Lipinski definition) is 1. The normalized spacial score (nSPS) is 13.3. The SMILES string of the molecule is CC/C=C\C/C=C\C/C=C\C/C=C\C/C=C\CCCCCCCCCCCCCCCCCC(=O)OC(COC(=O)CCCCCCCCC/C=C\CCCCCCCCC)COC(OCC[N+](C)(C)C)C(=O)O. The molecule has 0 amide bonds. The minimum atomic E-state index is -1.51. The number of rotatable bonds is 56. The van der Waals surface area contributed by atoms with Crippen molar-refractivity contribution in [2.45, 2.75) is 277 Å². The third-order valence-corrected chi connectivity index (χ3v) is 13.2. The van der Waals surface area contributed by atoms with E-state index in [9.17, 15) is 19.5 Å². The molecule has 0 spiro atoms. The minimum Gasteiger partial charge on any atom is -0.477 e. The highest BCUT2D eigenvalue weighted by Crippen LogP contribution is 2.16. The van der Waals surface area contributed by atoms with Crippen molar-refractivity contribution in [2.24, 2.45) is 0 Å². The molecule has 1 N–H and O–H groups in total. The number of unbranched alkanes of at least 4 members (excludes halogenated alkanes) is 29. The van der Waals surface area contributed by atoms with Gasteiger partial charge in [-0.25, -0.2) is 4.79 Å². The average molecular weight is 1040 g/mol. The van der Waals surface area contributed by atoms with Gasteiger partial charge in [0.2, 0.25) is 0 Å². The second-order valence-electron chi connectivity index (χ2n) is 21.6. The molecule has 2 unspecified atom stereocenters. The summed E-state index contributed by atoms with van der Waals surface area (Å²) in [6.07, 6.45) is 69.8. The highest BCUT2D eigenvalue weighted by Gasteiger charge is 2.25. The van der Waals surface area contributed by atoms with Crippen LogP contribution in [0.3, 0.4) is 0 Å². The van der Waals surface area contributed by atoms with Gasteiger partial charge in [0.25, 0.3) is 6.29 Å². The molecule has 0 aromatic carbocycles. The van der Waals surface area contributed by atoms with Gasteiger partial charge >= 0.3 is 17.9 Å². The van der Waals surface area contributed by atoms with Crippen molar-refractivity contribution in [2.75, 3.05) is 47.5 Å². The Balaban J connectivity index is 4.16. The fraction of sp³-hybridized carbons (Fsp3) is 0.769. The van der Waals surface area contributed by atoms with E-state index in [0.717, 1.165) is 70.6 Å². The first-order valence-electron chi connectivity index (χ1n) is 30.6. The van der Waals surface area contributed by atoms with Crippen LogP contribution in [0.2, 0.25) is 0 Å². The number of allylic oxidation sites excluding steroid dienone is 12. The number of carbonyl (C=O) groups excluding carboxylic acids is 2. The van der Waals surface area contributed by atoms with Gasteiger partial charge < -0.3 is 28.5 Å². The summed E-state index contributed by atoms with van der Waals surface area (Å²) in [5, 5.41) is 9.71. The van der Waals surface area contributed by atoms with E-state index in [1.54, 1.807) is 0 Å². The molecule has 74 heavy (non-hydrogen) atoms. The van der Waals surface area contributed by atoms with Gasteiger partial charge in [-0.05, 0) is 83.5 Å². The second-order valence-corrected chi connectivity index (χ2v) is 21.6. The molecule has 0 bridgehead atoms. The Kier molecular flexibility index (Phi) is 53.5. The molecule has 0 rings (SSSR count). The van der Waals surface area contributed by atoms with Crippen molar-refractivity contribution in [3.05, 3.63) is 72.9 Å². The number of quaternary nitrogens is 1. The first kappa shape index (κ1) is 70.7. The predicted octanol–water partition coefficient (Wildman–Crippen LogP) is 18.2. The zero-order chi connectivity index (χ0) is 54.1. The third-order valence-electron chi connectivity index (χ3n) is 13.2. The molecule has 0 aliphatic heterocycles. The molecular formula is C65H116NO8+. The van der Waals surface area contributed by atoms with Crippen LogP contribution in [0.4, 0.5) is 0 Å². The average Bonchev–Trinajstić information content (AvgIpc) is 3.37. The van der Waals surface area contributed by atoms with Gasteiger partial charge in [0.15, 0.2) is 6.10 Å². The topological polar surface area (TPSA) is 108 Å². The quantitative estimate of drug-likeness (QED) is 0.0211. The monoisotopic (exact) mass is 1040 g/mol. The maximum Gasteiger partial charge on any atom is 0.361 e. The summed E-state index contributed by atoms with van der Waals surface area (Å²) in [7, 11) is 5.97. The van der Waals surface area contributed by atoms with Crippen LogP contribution in [0.25, 0.3) is 0 Å². The summed E-state index contributed by atoms with van der Waals surface area (Å²) in [4.78, 5) is 37.5. The highest BCUT2D eigenvalue weighted by atomic mass is 16.7. The van der Waals surface area contributed by atoms with Crippen LogP contribution < -0.4 is 0 Å². The van der Waals surface area contributed by atoms with Gasteiger partial charge in [0, 0.05) is 12.8 Å². The standard InChI is InChI=1S/C65H115NO8/c1-6-8-10-12-14-16-18-20-22-24-26-27-28-29-30-31-32-33-34-35-36-37-38-40-42-44-46-48-50-52-54-56-63(68)74-61(60-73-65(64(69)70)71-58-57-66(3,4)5)59-72-62(67)55-53-51-49-47-45-43-41-39-25-23-21-19-17-15-13-11-9-7-2/h8,10,14,16,20,22-23,25-27,29-30,61,65H,6-7,9,11-13,15,17-19,21,24,28,31-60H2,1-5H3/p+1/b10-8-,16-14-,22-20-,25-23-,27-26-,30-29-. The van der Waals surface area contributed by atoms with Crippen molar-refractivity contribution < 1.29 is 42.9 Å². The van der Waals surface area contributed by atoms with E-state index in [4.69, 9.17) is 18.9 Å². The van der Waals surface area contributed by atoms with Gasteiger partial charge in [-0.2, -0.15) is 0 Å². The Morgan fingerprint density at radius 1 is 0.419 bits per heavy atom. The maximum absolute atomic E-state index is 12.9. The van der Waals surface area contributed by atoms with Crippen molar-refractivity contribution in [3.63, 3.8) is 0 Å². The van der Waals surface area contributed by atoms with Crippen LogP contribution in [0.15, 0.2) is 72.9 Å². The minimum absolute atomic E-state index is 0.184. The number of hydrogen-bond acceptors (Lipinski definition) is 7. The Hall–Kier alpha value is -3.27. The van der Waals surface area contributed by atoms with Gasteiger partial charge in [0.05, 0.1) is 34.4 Å². The lowest BCUT2D eigenvalue weighted by Gasteiger charge is -2.25. The smallest absolute Gasteiger partial charge is 0.361 e. The van der Waals surface area contributed by atoms with E-state index in [0.29, 0.717) is 17.4 Å². The molecule has 0 aromatic rings. The van der Waals surface area contributed by atoms with Gasteiger partial charge in [-0.1, -0.05) is 241 Å². The fourth-order valence-electron chi connectivity index (χ4n) is 8.51. The molecule has 0 aliphatic carbocycles. The molecule has 0 heterocycles. The van der Waals surface area contributed by atoms with E-state index >= 15 is 0 Å². The summed E-state index contributed by atoms with van der Waals surface area (Å²) >= 11 is 0. The zero-order valence-electron chi connectivity index (χ0n) is 48.7. The lowest BCUT2D eigenvalue weighted by Crippen LogP contribution is -2.40. The van der Waals surface area contributed by atoms with Crippen molar-refractivity contribution in [1.82, 2.24) is 0 Å². The van der Waals surface area contributed by atoms with Crippen LogP contribution in [0.1, 0.15) is 264 Å². The van der Waals surface area contributed by atoms with Crippen LogP contribution >= 0.6 is 0 Å². The number of esters is 2. The molecular weight excluding hydrogens is 923 g/mol. The molecule has 0 saturated carbocycles. The zero-order valence-corrected chi connectivity index (χ0v) is 48.7. The Morgan fingerprint density at radius 2 is 0.770 bits per heavy atom. The molecule has 0 aliphatic rings. The van der Waals surface area contributed by atoms with Crippen LogP contribution in [0, 0.1) is 0 Å². The first-order valence-corrected chi connectivity index (χ1v) is 30.6. The Morgan fingerprint density at radius 3 is 1.16 bits per heavy atom. The number of carboxylic acid groups (broad SMARTS) is 1. The second kappa shape index (κ2) is 55.9. The number of aliphatic carboxylic acids is 1. The lowest BCUT2D eigenvalue weighted by molar-refractivity contribution is -0.870. The van der Waals surface area contributed by atoms with Crippen molar-refractivity contribution in [3.8, 4) is 0 Å². The van der Waals surface area contributed by atoms with E-state index < -0.39 is 24.3 Å². The van der Waals surface area contributed by atoms with Crippen molar-refractivity contribution >= 4 is 17.9 Å². The highest BCUT2D eigenvalue weighted by molar-refractivity contribution is 5.71. The molecule has 0 saturated heterocycles. The number of likely N-dealkylation sites (N-methyl/N-ethyl adjacent to an activating group) is 1. The molecule has 428 valence electrons. The molecule has 2 atom stereocenters. The van der Waals surface area contributed by atoms with Gasteiger partial charge in [-0.15, -0.1) is 0 Å². The predicted molar refractivity (Wildman–Crippen MR) is 313 cm³/mol. The first-order chi connectivity index (χ1) is 36.1. The summed E-state index contributed by atoms with van der Waals surface area (Å²) in [6, 6.07) is 0. The maximum atomic E-state index is 12.9. The van der Waals surface area contributed by atoms with Gasteiger partial charge in [0.1, 0.15) is 13.2 Å². The number of carbonyl (C=O) groups is 3. The van der Waals surface area contributed by atoms with Crippen LogP contribution in [-0.2, 0) is 33.3 Å². The number of nitrogens with zero attached hydrogens (tertiary/aromatic N) is 1.